The van der Waals surface area contributed by atoms with Crippen LogP contribution in [0.15, 0.2) is 60.8 Å². The van der Waals surface area contributed by atoms with E-state index in [2.05, 4.69) is 15.3 Å². The van der Waals surface area contributed by atoms with Gasteiger partial charge in [0.1, 0.15) is 11.9 Å². The monoisotopic (exact) mass is 489 g/mol. The van der Waals surface area contributed by atoms with Crippen molar-refractivity contribution in [1.29, 1.82) is 0 Å². The highest BCUT2D eigenvalue weighted by Crippen LogP contribution is 2.29. The van der Waals surface area contributed by atoms with Crippen LogP contribution in [0.5, 0.6) is 5.75 Å². The second kappa shape index (κ2) is 9.30. The number of nitrogens with zero attached hydrogens (tertiary/aromatic N) is 4. The molecule has 2 atom stereocenters. The number of benzene rings is 2. The quantitative estimate of drug-likeness (QED) is 0.414. The SMILES string of the molecule is Cc1cc(Cl)nnc1-n1ncc2cc(O[C@H](c3ccccc3)[C@H](C)NC(=O)C(F)(F)F)ccc21. The largest absolute Gasteiger partial charge is 0.484 e. The zero-order valence-electron chi connectivity index (χ0n) is 18.0. The molecule has 2 aromatic carbocycles. The summed E-state index contributed by atoms with van der Waals surface area (Å²) in [6, 6.07) is 14.6. The lowest BCUT2D eigenvalue weighted by atomic mass is 10.0. The molecule has 0 aliphatic carbocycles. The number of aryl methyl sites for hydroxylation is 1. The number of alkyl halides is 3. The van der Waals surface area contributed by atoms with Crippen molar-refractivity contribution < 1.29 is 22.7 Å². The van der Waals surface area contributed by atoms with Crippen LogP contribution in [-0.2, 0) is 4.79 Å². The van der Waals surface area contributed by atoms with Gasteiger partial charge in [0.15, 0.2) is 11.0 Å². The Kier molecular flexibility index (Phi) is 6.43. The molecule has 1 amide bonds. The fourth-order valence-corrected chi connectivity index (χ4v) is 3.72. The predicted molar refractivity (Wildman–Crippen MR) is 120 cm³/mol. The fraction of sp³-hybridized carbons (Fsp3) is 0.217. The number of ether oxygens (including phenoxy) is 1. The van der Waals surface area contributed by atoms with Crippen LogP contribution in [-0.4, -0.2) is 38.1 Å². The molecule has 1 N–H and O–H groups in total. The molecule has 7 nitrogen and oxygen atoms in total. The molecule has 0 aliphatic heterocycles. The molecular weight excluding hydrogens is 471 g/mol. The van der Waals surface area contributed by atoms with Crippen LogP contribution < -0.4 is 10.1 Å². The molecule has 0 unspecified atom stereocenters. The molecule has 2 aromatic heterocycles. The molecule has 0 spiro atoms. The van der Waals surface area contributed by atoms with Crippen molar-refractivity contribution in [3.05, 3.63) is 77.1 Å². The van der Waals surface area contributed by atoms with E-state index in [-0.39, 0.29) is 5.15 Å². The van der Waals surface area contributed by atoms with Gasteiger partial charge in [-0.05, 0) is 49.2 Å². The van der Waals surface area contributed by atoms with Crippen molar-refractivity contribution in [3.63, 3.8) is 0 Å². The number of rotatable bonds is 6. The van der Waals surface area contributed by atoms with Crippen LogP contribution in [0.25, 0.3) is 16.7 Å². The van der Waals surface area contributed by atoms with Gasteiger partial charge in [0, 0.05) is 5.39 Å². The summed E-state index contributed by atoms with van der Waals surface area (Å²) in [7, 11) is 0. The average molecular weight is 490 g/mol. The number of hydrogen-bond acceptors (Lipinski definition) is 5. The summed E-state index contributed by atoms with van der Waals surface area (Å²) in [5, 5.41) is 15.3. The van der Waals surface area contributed by atoms with Gasteiger partial charge < -0.3 is 10.1 Å². The number of nitrogens with one attached hydrogen (secondary N) is 1. The second-order valence-electron chi connectivity index (χ2n) is 7.66. The predicted octanol–water partition coefficient (Wildman–Crippen LogP) is 4.96. The number of hydrogen-bond donors (Lipinski definition) is 1. The molecule has 176 valence electrons. The van der Waals surface area contributed by atoms with Gasteiger partial charge in [-0.15, -0.1) is 10.2 Å². The van der Waals surface area contributed by atoms with Crippen LogP contribution in [0.4, 0.5) is 13.2 Å². The molecule has 34 heavy (non-hydrogen) atoms. The highest BCUT2D eigenvalue weighted by molar-refractivity contribution is 6.29. The fourth-order valence-electron chi connectivity index (χ4n) is 3.52. The van der Waals surface area contributed by atoms with E-state index in [1.54, 1.807) is 65.5 Å². The van der Waals surface area contributed by atoms with Crippen LogP contribution in [0.3, 0.4) is 0 Å². The molecule has 11 heteroatoms. The third-order valence-corrected chi connectivity index (χ3v) is 5.31. The Morgan fingerprint density at radius 3 is 2.53 bits per heavy atom. The Balaban J connectivity index is 1.64. The van der Waals surface area contributed by atoms with E-state index in [4.69, 9.17) is 16.3 Å². The summed E-state index contributed by atoms with van der Waals surface area (Å²) >= 11 is 5.89. The van der Waals surface area contributed by atoms with Gasteiger partial charge in [0.05, 0.1) is 17.8 Å². The maximum absolute atomic E-state index is 12.8. The van der Waals surface area contributed by atoms with Crippen molar-refractivity contribution in [1.82, 2.24) is 25.3 Å². The zero-order valence-corrected chi connectivity index (χ0v) is 18.8. The molecule has 0 fully saturated rings. The molecular formula is C23H19ClF3N5O2. The number of carbonyl (C=O) groups is 1. The lowest BCUT2D eigenvalue weighted by Crippen LogP contribution is -2.45. The van der Waals surface area contributed by atoms with Gasteiger partial charge in [0.2, 0.25) is 0 Å². The summed E-state index contributed by atoms with van der Waals surface area (Å²) in [4.78, 5) is 11.5. The van der Waals surface area contributed by atoms with Crippen LogP contribution in [0, 0.1) is 6.92 Å². The molecule has 0 bridgehead atoms. The Morgan fingerprint density at radius 1 is 1.12 bits per heavy atom. The highest BCUT2D eigenvalue weighted by atomic mass is 35.5. The number of halogens is 4. The van der Waals surface area contributed by atoms with Gasteiger partial charge in [-0.25, -0.2) is 4.68 Å². The Bertz CT molecular complexity index is 1330. The van der Waals surface area contributed by atoms with Gasteiger partial charge in [-0.1, -0.05) is 41.9 Å². The van der Waals surface area contributed by atoms with E-state index >= 15 is 0 Å². The normalized spacial score (nSPS) is 13.5. The number of fused-ring (bicyclic) bond motifs is 1. The molecule has 0 saturated heterocycles. The summed E-state index contributed by atoms with van der Waals surface area (Å²) in [5.41, 5.74) is 2.12. The Morgan fingerprint density at radius 2 is 1.85 bits per heavy atom. The van der Waals surface area contributed by atoms with Crippen molar-refractivity contribution in [2.75, 3.05) is 0 Å². The topological polar surface area (TPSA) is 81.9 Å². The molecule has 0 aliphatic rings. The van der Waals surface area contributed by atoms with Gasteiger partial charge >= 0.3 is 12.1 Å². The van der Waals surface area contributed by atoms with Crippen LogP contribution >= 0.6 is 11.6 Å². The first-order valence-electron chi connectivity index (χ1n) is 10.2. The minimum Gasteiger partial charge on any atom is -0.484 e. The second-order valence-corrected chi connectivity index (χ2v) is 8.05. The third-order valence-electron chi connectivity index (χ3n) is 5.13. The molecule has 2 heterocycles. The summed E-state index contributed by atoms with van der Waals surface area (Å²) < 4.78 is 46.1. The van der Waals surface area contributed by atoms with Crippen LogP contribution in [0.2, 0.25) is 5.15 Å². The summed E-state index contributed by atoms with van der Waals surface area (Å²) in [6.07, 6.45) is -4.25. The standard InChI is InChI=1S/C23H19ClF3N5O2/c1-13-10-19(24)30-31-21(13)32-18-9-8-17(11-16(18)12-28-32)34-20(15-6-4-3-5-7-15)14(2)29-22(33)23(25,26)27/h3-12,14,20H,1-2H3,(H,29,33)/t14-,20-/m0/s1. The molecule has 0 radical (unpaired) electrons. The Hall–Kier alpha value is -3.66. The van der Waals surface area contributed by atoms with Crippen molar-refractivity contribution in [3.8, 4) is 11.6 Å². The third kappa shape index (κ3) is 4.96. The van der Waals surface area contributed by atoms with E-state index in [0.29, 0.717) is 22.5 Å². The minimum atomic E-state index is -4.99. The number of carbonyl (C=O) groups excluding carboxylic acids is 1. The zero-order chi connectivity index (χ0) is 24.5. The van der Waals surface area contributed by atoms with E-state index in [1.165, 1.54) is 6.92 Å². The minimum absolute atomic E-state index is 0.270. The smallest absolute Gasteiger partial charge is 0.471 e. The van der Waals surface area contributed by atoms with Crippen molar-refractivity contribution >= 4 is 28.4 Å². The van der Waals surface area contributed by atoms with E-state index in [9.17, 15) is 18.0 Å². The van der Waals surface area contributed by atoms with Gasteiger partial charge in [-0.3, -0.25) is 4.79 Å². The van der Waals surface area contributed by atoms with Crippen molar-refractivity contribution in [2.24, 2.45) is 0 Å². The maximum Gasteiger partial charge on any atom is 0.471 e. The van der Waals surface area contributed by atoms with Crippen LogP contribution in [0.1, 0.15) is 24.2 Å². The van der Waals surface area contributed by atoms with E-state index in [0.717, 1.165) is 11.1 Å². The molecule has 4 aromatic rings. The molecule has 0 saturated carbocycles. The first kappa shape index (κ1) is 23.5. The Labute approximate surface area is 197 Å². The first-order valence-corrected chi connectivity index (χ1v) is 10.6. The maximum atomic E-state index is 12.8. The lowest BCUT2D eigenvalue weighted by molar-refractivity contribution is -0.174. The average Bonchev–Trinajstić information content (AvgIpc) is 3.20. The van der Waals surface area contributed by atoms with Gasteiger partial charge in [-0.2, -0.15) is 18.3 Å². The van der Waals surface area contributed by atoms with Crippen molar-refractivity contribution in [2.45, 2.75) is 32.2 Å². The van der Waals surface area contributed by atoms with E-state index in [1.807, 2.05) is 12.2 Å². The number of amides is 1. The van der Waals surface area contributed by atoms with Gasteiger partial charge in [0.25, 0.3) is 0 Å². The first-order chi connectivity index (χ1) is 16.1. The summed E-state index contributed by atoms with van der Waals surface area (Å²) in [6.45, 7) is 3.29. The summed E-state index contributed by atoms with van der Waals surface area (Å²) in [5.74, 6) is -1.12. The van der Waals surface area contributed by atoms with E-state index < -0.39 is 24.2 Å². The number of aromatic nitrogens is 4. The lowest BCUT2D eigenvalue weighted by Gasteiger charge is -2.27. The highest BCUT2D eigenvalue weighted by Gasteiger charge is 2.40. The molecule has 4 rings (SSSR count).